The van der Waals surface area contributed by atoms with Crippen molar-refractivity contribution in [2.45, 2.75) is 130 Å². The molecule has 1 aromatic rings. The van der Waals surface area contributed by atoms with Gasteiger partial charge in [0, 0.05) is 11.8 Å². The first kappa shape index (κ1) is 31.4. The molecule has 4 rings (SSSR count). The van der Waals surface area contributed by atoms with Crippen LogP contribution in [0.3, 0.4) is 0 Å². The second kappa shape index (κ2) is 13.8. The molecule has 2 unspecified atom stereocenters. The molecule has 1 aromatic carbocycles. The number of hydrogen-bond donors (Lipinski definition) is 0. The van der Waals surface area contributed by atoms with E-state index in [-0.39, 0.29) is 0 Å². The Hall–Kier alpha value is -1.78. The molecule has 0 saturated heterocycles. The van der Waals surface area contributed by atoms with Crippen molar-refractivity contribution in [2.75, 3.05) is 19.6 Å². The molecule has 1 nitrogen and oxygen atoms in total. The Morgan fingerprint density at radius 3 is 2.14 bits per heavy atom. The Balaban J connectivity index is 0.000000278. The van der Waals surface area contributed by atoms with Gasteiger partial charge in [-0.25, -0.2) is 0 Å². The number of fused-ring (bicyclic) bond motifs is 2. The zero-order valence-corrected chi connectivity index (χ0v) is 25.8. The summed E-state index contributed by atoms with van der Waals surface area (Å²) >= 11 is 0. The lowest BCUT2D eigenvalue weighted by Crippen LogP contribution is -2.34. The molecule has 1 fully saturated rings. The maximum absolute atomic E-state index is 5.20. The van der Waals surface area contributed by atoms with Gasteiger partial charge in [-0.1, -0.05) is 97.4 Å². The molecular weight excluding hydrogens is 446 g/mol. The Morgan fingerprint density at radius 2 is 1.54 bits per heavy atom. The molecule has 0 aliphatic heterocycles. The number of hydrogen-bond acceptors (Lipinski definition) is 1. The van der Waals surface area contributed by atoms with Crippen molar-refractivity contribution in [2.24, 2.45) is 5.92 Å². The second-order valence-corrected chi connectivity index (χ2v) is 12.6. The zero-order chi connectivity index (χ0) is 27.7. The highest BCUT2D eigenvalue weighted by Gasteiger charge is 2.55. The van der Waals surface area contributed by atoms with Gasteiger partial charge in [-0.15, -0.1) is 12.3 Å². The minimum absolute atomic E-state index is 0.311. The van der Waals surface area contributed by atoms with Crippen LogP contribution in [0.2, 0.25) is 0 Å². The van der Waals surface area contributed by atoms with E-state index in [4.69, 9.17) is 6.42 Å². The Kier molecular flexibility index (Phi) is 11.8. The zero-order valence-electron chi connectivity index (χ0n) is 25.8. The highest BCUT2D eigenvalue weighted by Crippen LogP contribution is 2.61. The van der Waals surface area contributed by atoms with E-state index in [1.165, 1.54) is 64.6 Å². The third-order valence-corrected chi connectivity index (χ3v) is 8.82. The molecule has 0 heterocycles. The molecule has 3 aliphatic carbocycles. The Morgan fingerprint density at radius 1 is 0.919 bits per heavy atom. The van der Waals surface area contributed by atoms with Crippen molar-refractivity contribution in [1.82, 2.24) is 4.90 Å². The van der Waals surface area contributed by atoms with E-state index in [0.29, 0.717) is 16.2 Å². The highest BCUT2D eigenvalue weighted by molar-refractivity contribution is 5.53. The first-order valence-electron chi connectivity index (χ1n) is 15.3. The number of benzene rings is 1. The lowest BCUT2D eigenvalue weighted by molar-refractivity contribution is 0.269. The van der Waals surface area contributed by atoms with E-state index in [9.17, 15) is 0 Å². The summed E-state index contributed by atoms with van der Waals surface area (Å²) in [4.78, 5) is 2.54. The second-order valence-electron chi connectivity index (χ2n) is 12.6. The maximum atomic E-state index is 5.20. The number of nitrogens with zero attached hydrogens (tertiary/aromatic N) is 1. The van der Waals surface area contributed by atoms with Gasteiger partial charge >= 0.3 is 0 Å². The smallest absolute Gasteiger partial charge is 0.0207 e. The summed E-state index contributed by atoms with van der Waals surface area (Å²) in [5.74, 6) is 3.43. The van der Waals surface area contributed by atoms with Crippen LogP contribution in [0, 0.1) is 18.3 Å². The van der Waals surface area contributed by atoms with Crippen molar-refractivity contribution in [3.05, 3.63) is 58.7 Å². The normalized spacial score (nSPS) is 23.8. The lowest BCUT2D eigenvalue weighted by atomic mass is 9.62. The third kappa shape index (κ3) is 7.63. The quantitative estimate of drug-likeness (QED) is 0.239. The number of rotatable bonds is 9. The van der Waals surface area contributed by atoms with Crippen LogP contribution in [-0.4, -0.2) is 24.5 Å². The van der Waals surface area contributed by atoms with E-state index in [1.807, 2.05) is 13.8 Å². The first-order valence-corrected chi connectivity index (χ1v) is 15.3. The first-order chi connectivity index (χ1) is 17.6. The average Bonchev–Trinajstić information content (AvgIpc) is 3.64. The monoisotopic (exact) mass is 503 g/mol. The average molecular weight is 504 g/mol. The van der Waals surface area contributed by atoms with Gasteiger partial charge in [0.25, 0.3) is 0 Å². The van der Waals surface area contributed by atoms with Gasteiger partial charge in [0.05, 0.1) is 0 Å². The largest absolute Gasteiger partial charge is 0.303 e. The molecule has 0 spiro atoms. The fraction of sp³-hybridized carbons (Fsp3) is 0.667. The Bertz CT molecular complexity index is 947. The fourth-order valence-corrected chi connectivity index (χ4v) is 6.34. The van der Waals surface area contributed by atoms with Crippen molar-refractivity contribution in [1.29, 1.82) is 0 Å². The molecule has 2 atom stereocenters. The summed E-state index contributed by atoms with van der Waals surface area (Å²) in [6, 6.07) is 7.42. The fourth-order valence-electron chi connectivity index (χ4n) is 6.34. The van der Waals surface area contributed by atoms with Crippen molar-refractivity contribution in [3.63, 3.8) is 0 Å². The van der Waals surface area contributed by atoms with Gasteiger partial charge in [0.2, 0.25) is 0 Å². The van der Waals surface area contributed by atoms with Gasteiger partial charge in [-0.3, -0.25) is 0 Å². The summed E-state index contributed by atoms with van der Waals surface area (Å²) in [7, 11) is 0. The number of terminal acetylenes is 1. The minimum Gasteiger partial charge on any atom is -0.303 e. The lowest BCUT2D eigenvalue weighted by Gasteiger charge is -2.42. The molecule has 1 heteroatoms. The summed E-state index contributed by atoms with van der Waals surface area (Å²) in [5.41, 5.74) is 7.22. The Labute approximate surface area is 231 Å². The molecule has 0 radical (unpaired) electrons. The van der Waals surface area contributed by atoms with Crippen molar-refractivity contribution < 1.29 is 0 Å². The van der Waals surface area contributed by atoms with Gasteiger partial charge in [-0.05, 0) is 105 Å². The third-order valence-electron chi connectivity index (χ3n) is 8.82. The van der Waals surface area contributed by atoms with E-state index in [2.05, 4.69) is 95.7 Å². The van der Waals surface area contributed by atoms with E-state index in [0.717, 1.165) is 12.3 Å². The minimum atomic E-state index is 0.311. The summed E-state index contributed by atoms with van der Waals surface area (Å²) in [6.07, 6.45) is 22.0. The number of allylic oxidation sites excluding steroid dienone is 4. The molecular formula is C36H57N. The molecule has 1 saturated carbocycles. The van der Waals surface area contributed by atoms with Crippen LogP contribution in [0.15, 0.2) is 42.0 Å². The van der Waals surface area contributed by atoms with E-state index < -0.39 is 0 Å². The summed E-state index contributed by atoms with van der Waals surface area (Å²) in [5, 5.41) is 0. The van der Waals surface area contributed by atoms with Crippen LogP contribution < -0.4 is 0 Å². The van der Waals surface area contributed by atoms with Gasteiger partial charge < -0.3 is 4.90 Å². The van der Waals surface area contributed by atoms with E-state index in [1.54, 1.807) is 22.3 Å². The summed E-state index contributed by atoms with van der Waals surface area (Å²) < 4.78 is 0. The standard InChI is InChI=1S/C22H28.C12H23N.C2H6/c1-15-7-6-10-22(14-19(15)22)16-8-9-17-18(13-16)21(4,5)12-11-20(17,2)3;1-4-7-8-9-12-13(10-5-2)11-6-3;1-2/h6-10,13,19H,11-12,14H2,1-5H3;1H,5-12H2,2-3H3;1-2H3. The van der Waals surface area contributed by atoms with Gasteiger partial charge in [0.1, 0.15) is 0 Å². The SMILES string of the molecule is C#CCCCCN(CCC)CCC.CC.CC1=CC=CC2(c3ccc4c(c3)C(C)(C)CCC4(C)C)CC12. The molecule has 3 aliphatic rings. The van der Waals surface area contributed by atoms with Crippen molar-refractivity contribution in [3.8, 4) is 12.3 Å². The molecule has 0 aromatic heterocycles. The van der Waals surface area contributed by atoms with Crippen molar-refractivity contribution >= 4 is 0 Å². The molecule has 0 bridgehead atoms. The van der Waals surface area contributed by atoms with Crippen LogP contribution in [0.1, 0.15) is 130 Å². The predicted octanol–water partition coefficient (Wildman–Crippen LogP) is 9.75. The topological polar surface area (TPSA) is 3.24 Å². The molecule has 37 heavy (non-hydrogen) atoms. The maximum Gasteiger partial charge on any atom is 0.0207 e. The summed E-state index contributed by atoms with van der Waals surface area (Å²) in [6.45, 7) is 24.1. The van der Waals surface area contributed by atoms with Gasteiger partial charge in [-0.2, -0.15) is 0 Å². The van der Waals surface area contributed by atoms with Crippen LogP contribution >= 0.6 is 0 Å². The van der Waals surface area contributed by atoms with Crippen LogP contribution in [0.4, 0.5) is 0 Å². The number of unbranched alkanes of at least 4 members (excludes halogenated alkanes) is 2. The van der Waals surface area contributed by atoms with Crippen LogP contribution in [0.25, 0.3) is 0 Å². The molecule has 206 valence electrons. The van der Waals surface area contributed by atoms with Gasteiger partial charge in [0.15, 0.2) is 0 Å². The van der Waals surface area contributed by atoms with Crippen LogP contribution in [0.5, 0.6) is 0 Å². The molecule has 0 N–H and O–H groups in total. The molecule has 0 amide bonds. The van der Waals surface area contributed by atoms with Crippen LogP contribution in [-0.2, 0) is 16.2 Å². The predicted molar refractivity (Wildman–Crippen MR) is 165 cm³/mol. The highest BCUT2D eigenvalue weighted by atomic mass is 15.1. The van der Waals surface area contributed by atoms with E-state index >= 15 is 0 Å².